The molecule has 4 N–H and O–H groups in total. The molecule has 1 aromatic heterocycles. The first kappa shape index (κ1) is 25.3. The van der Waals surface area contributed by atoms with E-state index in [0.29, 0.717) is 33.8 Å². The number of hydrogen-bond donors (Lipinski definition) is 4. The average Bonchev–Trinajstić information content (AvgIpc) is 3.30. The Labute approximate surface area is 215 Å². The zero-order valence-electron chi connectivity index (χ0n) is 20.7. The molecule has 1 aliphatic rings. The fraction of sp³-hybridized carbons (Fsp3) is 0.250. The van der Waals surface area contributed by atoms with Crippen molar-refractivity contribution in [3.05, 3.63) is 81.7 Å². The number of aryl methyl sites for hydroxylation is 2. The van der Waals surface area contributed by atoms with E-state index in [-0.39, 0.29) is 29.6 Å². The molecule has 186 valence electrons. The predicted octanol–water partition coefficient (Wildman–Crippen LogP) is 4.97. The van der Waals surface area contributed by atoms with Gasteiger partial charge in [0, 0.05) is 34.2 Å². The number of halogens is 1. The van der Waals surface area contributed by atoms with Gasteiger partial charge in [-0.2, -0.15) is 0 Å². The van der Waals surface area contributed by atoms with Gasteiger partial charge in [-0.05, 0) is 69.5 Å². The molecular weight excluding hydrogens is 476 g/mol. The summed E-state index contributed by atoms with van der Waals surface area (Å²) in [6, 6.07) is 13.4. The number of carbonyl (C=O) groups excluding carboxylic acids is 3. The Kier molecular flexibility index (Phi) is 7.31. The molecule has 1 aliphatic heterocycles. The molecule has 0 saturated heterocycles. The van der Waals surface area contributed by atoms with Crippen LogP contribution >= 0.6 is 11.6 Å². The first-order chi connectivity index (χ1) is 17.2. The minimum atomic E-state index is -0.308. The first-order valence-electron chi connectivity index (χ1n) is 11.7. The van der Waals surface area contributed by atoms with Gasteiger partial charge in [-0.25, -0.2) is 0 Å². The fourth-order valence-corrected chi connectivity index (χ4v) is 4.40. The molecule has 0 spiro atoms. The van der Waals surface area contributed by atoms with Crippen molar-refractivity contribution < 1.29 is 14.4 Å². The summed E-state index contributed by atoms with van der Waals surface area (Å²) in [5, 5.41) is 8.68. The van der Waals surface area contributed by atoms with Crippen LogP contribution in [0, 0.1) is 20.8 Å². The lowest BCUT2D eigenvalue weighted by atomic mass is 10.0. The second kappa shape index (κ2) is 10.4. The number of H-pyrrole nitrogens is 1. The van der Waals surface area contributed by atoms with Gasteiger partial charge in [0.1, 0.15) is 5.88 Å². The molecule has 3 aromatic rings. The van der Waals surface area contributed by atoms with Crippen molar-refractivity contribution in [2.24, 2.45) is 0 Å². The minimum Gasteiger partial charge on any atom is -0.357 e. The topological polar surface area (TPSA) is 103 Å². The van der Waals surface area contributed by atoms with E-state index in [1.807, 2.05) is 27.7 Å². The molecule has 0 aliphatic carbocycles. The Morgan fingerprint density at radius 1 is 1.08 bits per heavy atom. The molecule has 0 bridgehead atoms. The highest BCUT2D eigenvalue weighted by atomic mass is 35.5. The van der Waals surface area contributed by atoms with E-state index in [1.54, 1.807) is 24.3 Å². The van der Waals surface area contributed by atoms with E-state index < -0.39 is 0 Å². The van der Waals surface area contributed by atoms with Gasteiger partial charge in [-0.3, -0.25) is 14.4 Å². The first-order valence-corrected chi connectivity index (χ1v) is 12.3. The number of hydrogen-bond acceptors (Lipinski definition) is 3. The number of benzene rings is 2. The summed E-state index contributed by atoms with van der Waals surface area (Å²) >= 11 is 5.62. The van der Waals surface area contributed by atoms with Crippen LogP contribution in [0.5, 0.6) is 0 Å². The maximum absolute atomic E-state index is 13.0. The zero-order chi connectivity index (χ0) is 26.0. The van der Waals surface area contributed by atoms with Crippen molar-refractivity contribution in [1.82, 2.24) is 10.3 Å². The molecule has 3 amide bonds. The van der Waals surface area contributed by atoms with E-state index >= 15 is 0 Å². The van der Waals surface area contributed by atoms with Crippen LogP contribution in [0.2, 0.25) is 0 Å². The molecular formula is C28H29ClN4O3. The van der Waals surface area contributed by atoms with Gasteiger partial charge >= 0.3 is 0 Å². The van der Waals surface area contributed by atoms with Crippen LogP contribution < -0.4 is 16.0 Å². The Bertz CT molecular complexity index is 1370. The Morgan fingerprint density at radius 3 is 2.50 bits per heavy atom. The van der Waals surface area contributed by atoms with Crippen LogP contribution in [0.4, 0.5) is 11.4 Å². The lowest BCUT2D eigenvalue weighted by molar-refractivity contribution is -0.114. The molecule has 7 nitrogen and oxygen atoms in total. The summed E-state index contributed by atoms with van der Waals surface area (Å²) in [4.78, 5) is 40.7. The molecule has 36 heavy (non-hydrogen) atoms. The minimum absolute atomic E-state index is 0.0607. The molecule has 0 saturated carbocycles. The summed E-state index contributed by atoms with van der Waals surface area (Å²) in [7, 11) is 0. The van der Waals surface area contributed by atoms with E-state index in [4.69, 9.17) is 11.6 Å². The van der Waals surface area contributed by atoms with Crippen molar-refractivity contribution in [3.63, 3.8) is 0 Å². The van der Waals surface area contributed by atoms with Gasteiger partial charge in [0.25, 0.3) is 11.8 Å². The number of fused-ring (bicyclic) bond motifs is 1. The Balaban J connectivity index is 1.56. The van der Waals surface area contributed by atoms with Crippen LogP contribution in [0.1, 0.15) is 50.9 Å². The molecule has 1 atom stereocenters. The van der Waals surface area contributed by atoms with Crippen molar-refractivity contribution in [3.8, 4) is 0 Å². The third kappa shape index (κ3) is 5.36. The second-order valence-electron chi connectivity index (χ2n) is 9.18. The van der Waals surface area contributed by atoms with Crippen molar-refractivity contribution in [2.45, 2.75) is 40.2 Å². The smallest absolute Gasteiger partial charge is 0.256 e. The van der Waals surface area contributed by atoms with Gasteiger partial charge < -0.3 is 20.9 Å². The lowest BCUT2D eigenvalue weighted by Gasteiger charge is -2.15. The number of carbonyl (C=O) groups is 3. The maximum Gasteiger partial charge on any atom is 0.256 e. The quantitative estimate of drug-likeness (QED) is 0.270. The number of nitrogens with one attached hydrogen (secondary N) is 4. The number of anilines is 2. The Hall–Kier alpha value is -3.84. The van der Waals surface area contributed by atoms with Crippen LogP contribution in [-0.4, -0.2) is 34.6 Å². The highest BCUT2D eigenvalue weighted by Gasteiger charge is 2.26. The van der Waals surface area contributed by atoms with Crippen molar-refractivity contribution in [1.29, 1.82) is 0 Å². The third-order valence-electron chi connectivity index (χ3n) is 6.26. The molecule has 4 rings (SSSR count). The van der Waals surface area contributed by atoms with Gasteiger partial charge in [-0.15, -0.1) is 11.6 Å². The number of aromatic nitrogens is 1. The molecule has 2 aromatic carbocycles. The lowest BCUT2D eigenvalue weighted by Crippen LogP contribution is -2.34. The molecule has 1 unspecified atom stereocenters. The highest BCUT2D eigenvalue weighted by Crippen LogP contribution is 2.35. The molecule has 2 heterocycles. The molecule has 0 fully saturated rings. The van der Waals surface area contributed by atoms with Gasteiger partial charge in [0.2, 0.25) is 5.91 Å². The SMILES string of the molecule is Cc1ccc(CC(C)NC(=O)c2ccc3c(c2)C(=Cc2[nH]c(C)c(NC(=O)CCl)c2C)C(=O)N3)cc1. The van der Waals surface area contributed by atoms with Crippen LogP contribution in [0.3, 0.4) is 0 Å². The monoisotopic (exact) mass is 504 g/mol. The van der Waals surface area contributed by atoms with E-state index in [9.17, 15) is 14.4 Å². The average molecular weight is 505 g/mol. The molecule has 0 radical (unpaired) electrons. The predicted molar refractivity (Wildman–Crippen MR) is 144 cm³/mol. The fourth-order valence-electron chi connectivity index (χ4n) is 4.33. The normalized spacial score (nSPS) is 14.4. The maximum atomic E-state index is 13.0. The number of aromatic amines is 1. The number of rotatable bonds is 7. The summed E-state index contributed by atoms with van der Waals surface area (Å²) in [6.07, 6.45) is 2.46. The summed E-state index contributed by atoms with van der Waals surface area (Å²) < 4.78 is 0. The van der Waals surface area contributed by atoms with Gasteiger partial charge in [0.15, 0.2) is 0 Å². The van der Waals surface area contributed by atoms with Crippen molar-refractivity contribution in [2.75, 3.05) is 16.5 Å². The van der Waals surface area contributed by atoms with E-state index in [1.165, 1.54) is 5.56 Å². The largest absolute Gasteiger partial charge is 0.357 e. The number of alkyl halides is 1. The van der Waals surface area contributed by atoms with Crippen molar-refractivity contribution >= 4 is 52.3 Å². The van der Waals surface area contributed by atoms with E-state index in [2.05, 4.69) is 45.2 Å². The summed E-state index contributed by atoms with van der Waals surface area (Å²) in [6.45, 7) is 7.70. The van der Waals surface area contributed by atoms with Crippen LogP contribution in [-0.2, 0) is 16.0 Å². The summed E-state index contributed by atoms with van der Waals surface area (Å²) in [5.41, 5.74) is 7.43. The summed E-state index contributed by atoms with van der Waals surface area (Å²) in [5.74, 6) is -0.912. The van der Waals surface area contributed by atoms with Gasteiger partial charge in [-0.1, -0.05) is 29.8 Å². The van der Waals surface area contributed by atoms with Crippen LogP contribution in [0.15, 0.2) is 42.5 Å². The number of amides is 3. The standard InChI is InChI=1S/C28H29ClN4O3/c1-15-5-7-19(8-6-15)11-16(2)30-27(35)20-9-10-23-21(12-20)22(28(36)32-23)13-24-17(3)26(18(4)31-24)33-25(34)14-29/h5-10,12-13,16,31H,11,14H2,1-4H3,(H,30,35)(H,32,36)(H,33,34). The molecule has 8 heteroatoms. The third-order valence-corrected chi connectivity index (χ3v) is 6.50. The Morgan fingerprint density at radius 2 is 1.81 bits per heavy atom. The van der Waals surface area contributed by atoms with Gasteiger partial charge in [0.05, 0.1) is 11.3 Å². The zero-order valence-corrected chi connectivity index (χ0v) is 21.5. The second-order valence-corrected chi connectivity index (χ2v) is 9.45. The van der Waals surface area contributed by atoms with E-state index in [0.717, 1.165) is 23.2 Å². The van der Waals surface area contributed by atoms with Crippen LogP contribution in [0.25, 0.3) is 11.6 Å². The highest BCUT2D eigenvalue weighted by molar-refractivity contribution is 6.35.